The second-order valence-corrected chi connectivity index (χ2v) is 8.42. The van der Waals surface area contributed by atoms with Gasteiger partial charge in [0.2, 0.25) is 0 Å². The molecule has 3 rings (SSSR count). The van der Waals surface area contributed by atoms with E-state index in [0.29, 0.717) is 18.0 Å². The van der Waals surface area contributed by atoms with Gasteiger partial charge in [0.15, 0.2) is 5.96 Å². The number of aliphatic imine (C=N–C) groups is 1. The first-order valence-electron chi connectivity index (χ1n) is 9.45. The van der Waals surface area contributed by atoms with Gasteiger partial charge in [0.25, 0.3) is 0 Å². The van der Waals surface area contributed by atoms with Crippen molar-refractivity contribution in [2.24, 2.45) is 10.4 Å². The Morgan fingerprint density at radius 3 is 2.52 bits per heavy atom. The Balaban J connectivity index is 0.00000225. The molecule has 1 saturated heterocycles. The third-order valence-electron chi connectivity index (χ3n) is 6.23. The Labute approximate surface area is 169 Å². The van der Waals surface area contributed by atoms with E-state index in [-0.39, 0.29) is 29.5 Å². The molecule has 0 unspecified atom stereocenters. The summed E-state index contributed by atoms with van der Waals surface area (Å²) in [5.74, 6) is 1.01. The predicted molar refractivity (Wildman–Crippen MR) is 115 cm³/mol. The molecule has 6 heteroatoms. The van der Waals surface area contributed by atoms with Gasteiger partial charge in [-0.05, 0) is 39.7 Å². The van der Waals surface area contributed by atoms with Gasteiger partial charge < -0.3 is 10.2 Å². The van der Waals surface area contributed by atoms with Crippen molar-refractivity contribution in [3.05, 3.63) is 18.0 Å². The molecule has 0 atom stereocenters. The number of likely N-dealkylation sites (tertiary alicyclic amines) is 1. The minimum Gasteiger partial charge on any atom is -0.356 e. The fourth-order valence-corrected chi connectivity index (χ4v) is 3.78. The maximum absolute atomic E-state index is 4.86. The van der Waals surface area contributed by atoms with Gasteiger partial charge in [-0.15, -0.1) is 24.0 Å². The summed E-state index contributed by atoms with van der Waals surface area (Å²) in [7, 11) is 0. The van der Waals surface area contributed by atoms with Crippen LogP contribution < -0.4 is 5.32 Å². The second-order valence-electron chi connectivity index (χ2n) is 8.42. The van der Waals surface area contributed by atoms with Crippen molar-refractivity contribution in [3.8, 4) is 0 Å². The van der Waals surface area contributed by atoms with E-state index in [1.807, 2.05) is 0 Å². The van der Waals surface area contributed by atoms with Crippen molar-refractivity contribution in [2.45, 2.75) is 78.4 Å². The highest BCUT2D eigenvalue weighted by Gasteiger charge is 2.53. The molecule has 1 aromatic heterocycles. The molecule has 0 amide bonds. The van der Waals surface area contributed by atoms with E-state index in [0.717, 1.165) is 24.7 Å². The number of hydrogen-bond donors (Lipinski definition) is 1. The number of nitrogens with zero attached hydrogens (tertiary/aromatic N) is 4. The first-order chi connectivity index (χ1) is 11.3. The number of hydrogen-bond acceptors (Lipinski definition) is 2. The van der Waals surface area contributed by atoms with E-state index in [4.69, 9.17) is 10.1 Å². The summed E-state index contributed by atoms with van der Waals surface area (Å²) in [6.07, 6.45) is 7.34. The summed E-state index contributed by atoms with van der Waals surface area (Å²) in [6.45, 7) is 14.0. The van der Waals surface area contributed by atoms with Gasteiger partial charge in [-0.2, -0.15) is 5.10 Å². The molecule has 1 saturated carbocycles. The molecule has 0 radical (unpaired) electrons. The lowest BCUT2D eigenvalue weighted by Crippen LogP contribution is -2.72. The predicted octanol–water partition coefficient (Wildman–Crippen LogP) is 4.20. The average molecular weight is 459 g/mol. The monoisotopic (exact) mass is 459 g/mol. The molecule has 1 N–H and O–H groups in total. The van der Waals surface area contributed by atoms with E-state index < -0.39 is 0 Å². The van der Waals surface area contributed by atoms with Crippen molar-refractivity contribution in [2.75, 3.05) is 13.1 Å². The normalized spacial score (nSPS) is 22.4. The van der Waals surface area contributed by atoms with Crippen LogP contribution in [0.2, 0.25) is 0 Å². The molecule has 25 heavy (non-hydrogen) atoms. The van der Waals surface area contributed by atoms with Crippen LogP contribution in [0.1, 0.15) is 72.0 Å². The summed E-state index contributed by atoms with van der Waals surface area (Å²) in [4.78, 5) is 7.26. The van der Waals surface area contributed by atoms with Gasteiger partial charge in [-0.1, -0.05) is 26.7 Å². The van der Waals surface area contributed by atoms with E-state index in [2.05, 4.69) is 61.8 Å². The molecule has 2 aliphatic rings. The second kappa shape index (κ2) is 7.84. The summed E-state index contributed by atoms with van der Waals surface area (Å²) in [5, 5.41) is 8.21. The Kier molecular flexibility index (Phi) is 6.44. The smallest absolute Gasteiger partial charge is 0.194 e. The van der Waals surface area contributed by atoms with E-state index in [1.54, 1.807) is 0 Å². The van der Waals surface area contributed by atoms with Gasteiger partial charge >= 0.3 is 0 Å². The minimum absolute atomic E-state index is 0. The lowest BCUT2D eigenvalue weighted by Gasteiger charge is -2.62. The first kappa shape index (κ1) is 20.5. The van der Waals surface area contributed by atoms with Gasteiger partial charge in [-0.3, -0.25) is 4.68 Å². The summed E-state index contributed by atoms with van der Waals surface area (Å²) in [6, 6.07) is 2.72. The molecular weight excluding hydrogens is 425 g/mol. The molecule has 1 aliphatic heterocycles. The third kappa shape index (κ3) is 3.98. The summed E-state index contributed by atoms with van der Waals surface area (Å²) >= 11 is 0. The van der Waals surface area contributed by atoms with Crippen LogP contribution >= 0.6 is 24.0 Å². The first-order valence-corrected chi connectivity index (χ1v) is 9.45. The van der Waals surface area contributed by atoms with Crippen LogP contribution in [0.15, 0.2) is 17.3 Å². The average Bonchev–Trinajstić information content (AvgIpc) is 3.20. The van der Waals surface area contributed by atoms with Crippen molar-refractivity contribution in [1.29, 1.82) is 0 Å². The molecule has 142 valence electrons. The molecular formula is C19H34IN5. The number of halogens is 1. The highest BCUT2D eigenvalue weighted by molar-refractivity contribution is 14.0. The van der Waals surface area contributed by atoms with Crippen LogP contribution in [-0.2, 0) is 6.54 Å². The summed E-state index contributed by atoms with van der Waals surface area (Å²) < 4.78 is 2.15. The van der Waals surface area contributed by atoms with Crippen LogP contribution in [0.5, 0.6) is 0 Å². The van der Waals surface area contributed by atoms with Crippen LogP contribution in [0, 0.1) is 5.41 Å². The van der Waals surface area contributed by atoms with Crippen LogP contribution in [0.25, 0.3) is 0 Å². The fourth-order valence-electron chi connectivity index (χ4n) is 3.78. The Bertz CT molecular complexity index is 599. The Morgan fingerprint density at radius 1 is 1.28 bits per heavy atom. The van der Waals surface area contributed by atoms with E-state index >= 15 is 0 Å². The van der Waals surface area contributed by atoms with Gasteiger partial charge in [0.1, 0.15) is 0 Å². The molecule has 0 aromatic carbocycles. The number of rotatable bonds is 4. The van der Waals surface area contributed by atoms with Gasteiger partial charge in [-0.25, -0.2) is 4.99 Å². The summed E-state index contributed by atoms with van der Waals surface area (Å²) in [5.41, 5.74) is 1.50. The lowest BCUT2D eigenvalue weighted by molar-refractivity contribution is -0.0667. The fraction of sp³-hybridized carbons (Fsp3) is 0.789. The number of nitrogens with one attached hydrogen (secondary N) is 1. The zero-order valence-corrected chi connectivity index (χ0v) is 18.7. The van der Waals surface area contributed by atoms with Crippen LogP contribution in [0.3, 0.4) is 0 Å². The van der Waals surface area contributed by atoms with Crippen LogP contribution in [0.4, 0.5) is 0 Å². The van der Waals surface area contributed by atoms with Gasteiger partial charge in [0, 0.05) is 30.2 Å². The molecule has 5 nitrogen and oxygen atoms in total. The minimum atomic E-state index is 0. The zero-order chi connectivity index (χ0) is 17.4. The highest BCUT2D eigenvalue weighted by Crippen LogP contribution is 2.46. The molecule has 0 spiro atoms. The van der Waals surface area contributed by atoms with E-state index in [1.165, 1.54) is 25.7 Å². The van der Waals surface area contributed by atoms with Crippen molar-refractivity contribution in [3.63, 3.8) is 0 Å². The Morgan fingerprint density at radius 2 is 1.96 bits per heavy atom. The third-order valence-corrected chi connectivity index (χ3v) is 6.23. The standard InChI is InChI=1S/C19H33N5.HI/c1-6-20-17(23-14-18(2,3)19(23,4)5)21-13-15-11-12-24(22-15)16-9-7-8-10-16;/h11-12,16H,6-10,13-14H2,1-5H3,(H,20,21);1H. The van der Waals surface area contributed by atoms with E-state index in [9.17, 15) is 0 Å². The van der Waals surface area contributed by atoms with Crippen molar-refractivity contribution >= 4 is 29.9 Å². The molecule has 2 fully saturated rings. The largest absolute Gasteiger partial charge is 0.356 e. The molecule has 1 aromatic rings. The number of guanidine groups is 1. The lowest BCUT2D eigenvalue weighted by atomic mass is 9.65. The highest BCUT2D eigenvalue weighted by atomic mass is 127. The topological polar surface area (TPSA) is 45.5 Å². The van der Waals surface area contributed by atoms with Crippen LogP contribution in [-0.4, -0.2) is 39.3 Å². The molecule has 1 aliphatic carbocycles. The SMILES string of the molecule is CCNC(=NCc1ccn(C2CCCC2)n1)N1CC(C)(C)C1(C)C.I. The Hall–Kier alpha value is -0.790. The molecule has 0 bridgehead atoms. The van der Waals surface area contributed by atoms with Crippen molar-refractivity contribution in [1.82, 2.24) is 20.0 Å². The van der Waals surface area contributed by atoms with Gasteiger partial charge in [0.05, 0.1) is 18.3 Å². The molecule has 2 heterocycles. The zero-order valence-electron chi connectivity index (χ0n) is 16.4. The van der Waals surface area contributed by atoms with Crippen molar-refractivity contribution < 1.29 is 0 Å². The number of aromatic nitrogens is 2. The maximum Gasteiger partial charge on any atom is 0.194 e. The maximum atomic E-state index is 4.86. The quantitative estimate of drug-likeness (QED) is 0.417.